The van der Waals surface area contributed by atoms with E-state index >= 15 is 0 Å². The van der Waals surface area contributed by atoms with E-state index in [4.69, 9.17) is 0 Å². The SMILES string of the molecule is CC1=NCCC(=O)O1. The standard InChI is InChI=1S/C5H7NO2/c1-4-6-3-2-5(7)8-4/h2-3H2,1H3. The third-order valence-electron chi connectivity index (χ3n) is 0.912. The maximum Gasteiger partial charge on any atom is 0.314 e. The number of esters is 1. The minimum atomic E-state index is -0.169. The molecule has 0 unspecified atom stereocenters. The second-order valence-electron chi connectivity index (χ2n) is 1.62. The summed E-state index contributed by atoms with van der Waals surface area (Å²) in [4.78, 5) is 14.2. The van der Waals surface area contributed by atoms with Crippen LogP contribution in [0.4, 0.5) is 0 Å². The fraction of sp³-hybridized carbons (Fsp3) is 0.600. The maximum absolute atomic E-state index is 10.4. The Kier molecular flexibility index (Phi) is 1.28. The van der Waals surface area contributed by atoms with E-state index in [0.717, 1.165) is 0 Å². The maximum atomic E-state index is 10.4. The van der Waals surface area contributed by atoms with Crippen LogP contribution in [0.1, 0.15) is 13.3 Å². The first-order chi connectivity index (χ1) is 3.79. The molecule has 0 fully saturated rings. The first kappa shape index (κ1) is 5.28. The molecule has 1 rings (SSSR count). The van der Waals surface area contributed by atoms with Crippen LogP contribution in [0.5, 0.6) is 0 Å². The van der Waals surface area contributed by atoms with E-state index in [1.807, 2.05) is 0 Å². The zero-order valence-corrected chi connectivity index (χ0v) is 4.68. The van der Waals surface area contributed by atoms with Crippen LogP contribution in [0.25, 0.3) is 0 Å². The molecule has 8 heavy (non-hydrogen) atoms. The summed E-state index contributed by atoms with van der Waals surface area (Å²) in [7, 11) is 0. The second-order valence-corrected chi connectivity index (χ2v) is 1.62. The molecule has 0 bridgehead atoms. The molecule has 1 aliphatic rings. The number of nitrogens with zero attached hydrogens (tertiary/aromatic N) is 1. The number of aliphatic imine (C=N–C) groups is 1. The second kappa shape index (κ2) is 1.94. The van der Waals surface area contributed by atoms with Crippen LogP contribution >= 0.6 is 0 Å². The van der Waals surface area contributed by atoms with Gasteiger partial charge in [-0.3, -0.25) is 9.79 Å². The summed E-state index contributed by atoms with van der Waals surface area (Å²) in [6.07, 6.45) is 0.428. The van der Waals surface area contributed by atoms with Crippen molar-refractivity contribution >= 4 is 11.9 Å². The third-order valence-corrected chi connectivity index (χ3v) is 0.912. The zero-order valence-electron chi connectivity index (χ0n) is 4.68. The van der Waals surface area contributed by atoms with E-state index in [-0.39, 0.29) is 5.97 Å². The van der Waals surface area contributed by atoms with Crippen molar-refractivity contribution in [2.45, 2.75) is 13.3 Å². The number of carbonyl (C=O) groups is 1. The van der Waals surface area contributed by atoms with Crippen LogP contribution in [-0.2, 0) is 9.53 Å². The minimum Gasteiger partial charge on any atom is -0.412 e. The number of hydrogen-bond donors (Lipinski definition) is 0. The molecule has 0 aromatic rings. The molecule has 0 atom stereocenters. The largest absolute Gasteiger partial charge is 0.412 e. The smallest absolute Gasteiger partial charge is 0.314 e. The van der Waals surface area contributed by atoms with Crippen molar-refractivity contribution in [1.82, 2.24) is 0 Å². The fourth-order valence-electron chi connectivity index (χ4n) is 0.553. The Bertz CT molecular complexity index is 139. The number of cyclic esters (lactones) is 1. The van der Waals surface area contributed by atoms with Gasteiger partial charge in [-0.1, -0.05) is 0 Å². The van der Waals surface area contributed by atoms with Crippen LogP contribution in [0, 0.1) is 0 Å². The van der Waals surface area contributed by atoms with Gasteiger partial charge in [-0.25, -0.2) is 0 Å². The first-order valence-electron chi connectivity index (χ1n) is 2.51. The molecule has 44 valence electrons. The van der Waals surface area contributed by atoms with E-state index in [9.17, 15) is 4.79 Å². The van der Waals surface area contributed by atoms with Gasteiger partial charge in [0.1, 0.15) is 0 Å². The van der Waals surface area contributed by atoms with Gasteiger partial charge in [0, 0.05) is 6.92 Å². The van der Waals surface area contributed by atoms with Gasteiger partial charge in [-0.05, 0) is 0 Å². The molecule has 1 aliphatic heterocycles. The molecule has 3 heteroatoms. The number of carbonyl (C=O) groups excluding carboxylic acids is 1. The molecule has 0 N–H and O–H groups in total. The van der Waals surface area contributed by atoms with Gasteiger partial charge in [-0.15, -0.1) is 0 Å². The van der Waals surface area contributed by atoms with Gasteiger partial charge >= 0.3 is 5.97 Å². The average molecular weight is 113 g/mol. The molecule has 3 nitrogen and oxygen atoms in total. The quantitative estimate of drug-likeness (QED) is 0.425. The summed E-state index contributed by atoms with van der Waals surface area (Å²) in [6, 6.07) is 0. The predicted molar refractivity (Wildman–Crippen MR) is 28.7 cm³/mol. The van der Waals surface area contributed by atoms with Crippen LogP contribution < -0.4 is 0 Å². The molecular weight excluding hydrogens is 106 g/mol. The van der Waals surface area contributed by atoms with Crippen molar-refractivity contribution in [2.75, 3.05) is 6.54 Å². The molecule has 0 saturated carbocycles. The Labute approximate surface area is 47.4 Å². The zero-order chi connectivity index (χ0) is 5.98. The summed E-state index contributed by atoms with van der Waals surface area (Å²) in [5.74, 6) is 0.318. The van der Waals surface area contributed by atoms with Crippen LogP contribution in [0.3, 0.4) is 0 Å². The highest BCUT2D eigenvalue weighted by Crippen LogP contribution is 1.96. The minimum absolute atomic E-state index is 0.169. The molecule has 0 aliphatic carbocycles. The molecule has 1 heterocycles. The highest BCUT2D eigenvalue weighted by molar-refractivity contribution is 5.89. The summed E-state index contributed by atoms with van der Waals surface area (Å²) >= 11 is 0. The van der Waals surface area contributed by atoms with E-state index in [2.05, 4.69) is 9.73 Å². The van der Waals surface area contributed by atoms with Crippen LogP contribution in [0.15, 0.2) is 4.99 Å². The lowest BCUT2D eigenvalue weighted by Crippen LogP contribution is -2.15. The van der Waals surface area contributed by atoms with Crippen molar-refractivity contribution in [3.8, 4) is 0 Å². The van der Waals surface area contributed by atoms with Crippen LogP contribution in [0.2, 0.25) is 0 Å². The summed E-state index contributed by atoms with van der Waals surface area (Å²) in [6.45, 7) is 2.27. The van der Waals surface area contributed by atoms with E-state index in [1.54, 1.807) is 6.92 Å². The topological polar surface area (TPSA) is 38.7 Å². The van der Waals surface area contributed by atoms with Gasteiger partial charge in [0.25, 0.3) is 0 Å². The molecule has 0 spiro atoms. The lowest BCUT2D eigenvalue weighted by molar-refractivity contribution is -0.136. The molecule has 0 radical (unpaired) electrons. The molecule has 0 aromatic carbocycles. The van der Waals surface area contributed by atoms with Gasteiger partial charge in [0.05, 0.1) is 13.0 Å². The monoisotopic (exact) mass is 113 g/mol. The Morgan fingerprint density at radius 3 is 2.88 bits per heavy atom. The molecule has 0 saturated heterocycles. The molecular formula is C5H7NO2. The Morgan fingerprint density at radius 2 is 2.50 bits per heavy atom. The summed E-state index contributed by atoms with van der Waals surface area (Å²) in [5.41, 5.74) is 0. The third kappa shape index (κ3) is 1.05. The van der Waals surface area contributed by atoms with Crippen molar-refractivity contribution < 1.29 is 9.53 Å². The van der Waals surface area contributed by atoms with Crippen molar-refractivity contribution in [1.29, 1.82) is 0 Å². The lowest BCUT2D eigenvalue weighted by Gasteiger charge is -2.06. The first-order valence-corrected chi connectivity index (χ1v) is 2.51. The molecule has 0 aromatic heterocycles. The van der Waals surface area contributed by atoms with E-state index in [1.165, 1.54) is 0 Å². The van der Waals surface area contributed by atoms with Gasteiger partial charge in [0.2, 0.25) is 0 Å². The van der Waals surface area contributed by atoms with Gasteiger partial charge in [0.15, 0.2) is 5.90 Å². The number of rotatable bonds is 0. The number of hydrogen-bond acceptors (Lipinski definition) is 3. The van der Waals surface area contributed by atoms with Crippen molar-refractivity contribution in [2.24, 2.45) is 4.99 Å². The van der Waals surface area contributed by atoms with Crippen molar-refractivity contribution in [3.05, 3.63) is 0 Å². The Morgan fingerprint density at radius 1 is 1.75 bits per heavy atom. The highest BCUT2D eigenvalue weighted by Gasteiger charge is 2.08. The Balaban J connectivity index is 2.57. The van der Waals surface area contributed by atoms with Crippen molar-refractivity contribution in [3.63, 3.8) is 0 Å². The van der Waals surface area contributed by atoms with Gasteiger partial charge < -0.3 is 4.74 Å². The highest BCUT2D eigenvalue weighted by atomic mass is 16.5. The summed E-state index contributed by atoms with van der Waals surface area (Å²) < 4.78 is 4.60. The van der Waals surface area contributed by atoms with Crippen LogP contribution in [-0.4, -0.2) is 18.4 Å². The summed E-state index contributed by atoms with van der Waals surface area (Å²) in [5, 5.41) is 0. The predicted octanol–water partition coefficient (Wildman–Crippen LogP) is 0.352. The van der Waals surface area contributed by atoms with Gasteiger partial charge in [-0.2, -0.15) is 0 Å². The average Bonchev–Trinajstić information content (AvgIpc) is 1.64. The normalized spacial score (nSPS) is 19.6. The fourth-order valence-corrected chi connectivity index (χ4v) is 0.553. The van der Waals surface area contributed by atoms with E-state index < -0.39 is 0 Å². The molecule has 0 amide bonds. The van der Waals surface area contributed by atoms with E-state index in [0.29, 0.717) is 18.9 Å². The Hall–Kier alpha value is -0.860. The number of ether oxygens (including phenoxy) is 1. The lowest BCUT2D eigenvalue weighted by atomic mass is 10.4.